The molecular formula is C22H26N2O6S. The zero-order chi connectivity index (χ0) is 22.2. The molecule has 0 aromatic heterocycles. The largest absolute Gasteiger partial charge is 0.497 e. The minimum absolute atomic E-state index is 0.0265. The number of sulfone groups is 1. The molecule has 2 saturated heterocycles. The molecular weight excluding hydrogens is 420 g/mol. The van der Waals surface area contributed by atoms with Crippen LogP contribution in [0, 0.1) is 0 Å². The third-order valence-corrected chi connectivity index (χ3v) is 7.57. The maximum Gasteiger partial charge on any atom is 0.241 e. The van der Waals surface area contributed by atoms with Crippen molar-refractivity contribution < 1.29 is 27.4 Å². The average molecular weight is 447 g/mol. The molecule has 2 aliphatic rings. The van der Waals surface area contributed by atoms with Gasteiger partial charge < -0.3 is 19.1 Å². The molecule has 1 amide bonds. The van der Waals surface area contributed by atoms with Gasteiger partial charge in [0.2, 0.25) is 5.91 Å². The highest BCUT2D eigenvalue weighted by Gasteiger charge is 2.49. The van der Waals surface area contributed by atoms with Crippen molar-refractivity contribution in [2.45, 2.75) is 18.6 Å². The van der Waals surface area contributed by atoms with Gasteiger partial charge >= 0.3 is 0 Å². The number of carbonyl (C=O) groups excluding carboxylic acids is 1. The Bertz CT molecular complexity index is 1090. The molecule has 2 aliphatic heterocycles. The fourth-order valence-electron chi connectivity index (χ4n) is 4.44. The molecule has 2 fully saturated rings. The Morgan fingerprint density at radius 1 is 0.935 bits per heavy atom. The lowest BCUT2D eigenvalue weighted by Gasteiger charge is -2.43. The summed E-state index contributed by atoms with van der Waals surface area (Å²) in [5.74, 6) is 1.67. The number of hydrogen-bond donors (Lipinski definition) is 0. The summed E-state index contributed by atoms with van der Waals surface area (Å²) in [6.45, 7) is 0.566. The third kappa shape index (κ3) is 4.20. The van der Waals surface area contributed by atoms with Crippen molar-refractivity contribution in [3.05, 3.63) is 48.0 Å². The molecule has 31 heavy (non-hydrogen) atoms. The molecule has 166 valence electrons. The molecule has 8 nitrogen and oxygen atoms in total. The van der Waals surface area contributed by atoms with Crippen LogP contribution in [0.25, 0.3) is 0 Å². The average Bonchev–Trinajstić information content (AvgIpc) is 3.08. The standard InChI is InChI=1S/C22H26N2O6S/c1-28-17-6-4-5-16(10-17)24-19-14-31(26,27)13-18(19)23(12-22(24)25)11-15-7-8-20(29-2)21(9-15)30-3/h4-10,18-19H,11-14H2,1-3H3. The van der Waals surface area contributed by atoms with E-state index in [1.807, 2.05) is 29.2 Å². The first-order valence-electron chi connectivity index (χ1n) is 9.96. The Morgan fingerprint density at radius 2 is 1.68 bits per heavy atom. The monoisotopic (exact) mass is 446 g/mol. The maximum absolute atomic E-state index is 13.2. The molecule has 0 bridgehead atoms. The van der Waals surface area contributed by atoms with Gasteiger partial charge in [0.05, 0.1) is 45.4 Å². The summed E-state index contributed by atoms with van der Waals surface area (Å²) in [4.78, 5) is 16.8. The molecule has 0 aliphatic carbocycles. The number of ether oxygens (including phenoxy) is 3. The Labute approximate surface area is 182 Å². The number of rotatable bonds is 6. The summed E-state index contributed by atoms with van der Waals surface area (Å²) in [6.07, 6.45) is 0. The molecule has 0 N–H and O–H groups in total. The molecule has 2 unspecified atom stereocenters. The van der Waals surface area contributed by atoms with Crippen LogP contribution in [-0.4, -0.2) is 70.7 Å². The highest BCUT2D eigenvalue weighted by atomic mass is 32.2. The molecule has 0 saturated carbocycles. The number of methoxy groups -OCH3 is 3. The van der Waals surface area contributed by atoms with Gasteiger partial charge in [-0.1, -0.05) is 12.1 Å². The van der Waals surface area contributed by atoms with Crippen molar-refractivity contribution in [2.24, 2.45) is 0 Å². The van der Waals surface area contributed by atoms with Gasteiger partial charge in [0.25, 0.3) is 0 Å². The van der Waals surface area contributed by atoms with Crippen molar-refractivity contribution in [2.75, 3.05) is 44.3 Å². The first-order chi connectivity index (χ1) is 14.8. The quantitative estimate of drug-likeness (QED) is 0.668. The van der Waals surface area contributed by atoms with Gasteiger partial charge in [-0.3, -0.25) is 9.69 Å². The zero-order valence-corrected chi connectivity index (χ0v) is 18.6. The lowest BCUT2D eigenvalue weighted by Crippen LogP contribution is -2.61. The summed E-state index contributed by atoms with van der Waals surface area (Å²) in [5, 5.41) is 0. The fraction of sp³-hybridized carbons (Fsp3) is 0.409. The summed E-state index contributed by atoms with van der Waals surface area (Å²) in [7, 11) is 1.43. The second-order valence-electron chi connectivity index (χ2n) is 7.77. The smallest absolute Gasteiger partial charge is 0.241 e. The molecule has 2 atom stereocenters. The number of amides is 1. The van der Waals surface area contributed by atoms with Crippen LogP contribution in [0.5, 0.6) is 17.2 Å². The van der Waals surface area contributed by atoms with E-state index in [1.165, 1.54) is 0 Å². The van der Waals surface area contributed by atoms with E-state index >= 15 is 0 Å². The third-order valence-electron chi connectivity index (χ3n) is 5.87. The maximum atomic E-state index is 13.2. The normalized spacial score (nSPS) is 22.8. The number of piperazine rings is 1. The zero-order valence-electron chi connectivity index (χ0n) is 17.8. The molecule has 2 aromatic carbocycles. The number of nitrogens with zero attached hydrogens (tertiary/aromatic N) is 2. The van der Waals surface area contributed by atoms with E-state index in [0.717, 1.165) is 5.56 Å². The lowest BCUT2D eigenvalue weighted by atomic mass is 10.0. The van der Waals surface area contributed by atoms with Crippen molar-refractivity contribution in [1.29, 1.82) is 0 Å². The van der Waals surface area contributed by atoms with Gasteiger partial charge in [0.15, 0.2) is 21.3 Å². The Hall–Kier alpha value is -2.78. The molecule has 0 spiro atoms. The summed E-state index contributed by atoms with van der Waals surface area (Å²) >= 11 is 0. The van der Waals surface area contributed by atoms with Crippen molar-refractivity contribution in [3.63, 3.8) is 0 Å². The van der Waals surface area contributed by atoms with Gasteiger partial charge in [-0.05, 0) is 29.8 Å². The molecule has 0 radical (unpaired) electrons. The summed E-state index contributed by atoms with van der Waals surface area (Å²) in [6, 6.07) is 12.0. The van der Waals surface area contributed by atoms with E-state index in [1.54, 1.807) is 44.4 Å². The van der Waals surface area contributed by atoms with Crippen LogP contribution in [0.1, 0.15) is 5.56 Å². The van der Waals surface area contributed by atoms with Crippen molar-refractivity contribution >= 4 is 21.4 Å². The van der Waals surface area contributed by atoms with E-state index in [0.29, 0.717) is 29.5 Å². The molecule has 2 aromatic rings. The fourth-order valence-corrected chi connectivity index (χ4v) is 6.42. The van der Waals surface area contributed by atoms with E-state index in [2.05, 4.69) is 0 Å². The lowest BCUT2D eigenvalue weighted by molar-refractivity contribution is -0.123. The molecule has 2 heterocycles. The number of hydrogen-bond acceptors (Lipinski definition) is 7. The molecule has 9 heteroatoms. The highest BCUT2D eigenvalue weighted by Crippen LogP contribution is 2.35. The van der Waals surface area contributed by atoms with Gasteiger partial charge in [-0.2, -0.15) is 0 Å². The number of benzene rings is 2. The van der Waals surface area contributed by atoms with Gasteiger partial charge in [-0.15, -0.1) is 0 Å². The Kier molecular flexibility index (Phi) is 5.81. The van der Waals surface area contributed by atoms with Gasteiger partial charge in [0.1, 0.15) is 5.75 Å². The number of carbonyl (C=O) groups is 1. The van der Waals surface area contributed by atoms with Crippen molar-refractivity contribution in [3.8, 4) is 17.2 Å². The van der Waals surface area contributed by atoms with E-state index in [-0.39, 0.29) is 30.0 Å². The van der Waals surface area contributed by atoms with Crippen LogP contribution in [0.15, 0.2) is 42.5 Å². The SMILES string of the molecule is COc1cccc(N2C(=O)CN(Cc3ccc(OC)c(OC)c3)C3CS(=O)(=O)CC32)c1. The van der Waals surface area contributed by atoms with Crippen LogP contribution in [0.4, 0.5) is 5.69 Å². The van der Waals surface area contributed by atoms with E-state index < -0.39 is 15.9 Å². The predicted molar refractivity (Wildman–Crippen MR) is 117 cm³/mol. The Morgan fingerprint density at radius 3 is 2.39 bits per heavy atom. The van der Waals surface area contributed by atoms with E-state index in [9.17, 15) is 13.2 Å². The molecule has 4 rings (SSSR count). The minimum atomic E-state index is -3.27. The van der Waals surface area contributed by atoms with Crippen LogP contribution in [0.2, 0.25) is 0 Å². The van der Waals surface area contributed by atoms with Gasteiger partial charge in [-0.25, -0.2) is 8.42 Å². The first-order valence-corrected chi connectivity index (χ1v) is 11.8. The van der Waals surface area contributed by atoms with Crippen LogP contribution in [-0.2, 0) is 21.2 Å². The summed E-state index contributed by atoms with van der Waals surface area (Å²) in [5.41, 5.74) is 1.57. The van der Waals surface area contributed by atoms with Crippen LogP contribution < -0.4 is 19.1 Å². The minimum Gasteiger partial charge on any atom is -0.497 e. The number of anilines is 1. The van der Waals surface area contributed by atoms with Crippen molar-refractivity contribution in [1.82, 2.24) is 4.90 Å². The predicted octanol–water partition coefficient (Wildman–Crippen LogP) is 1.73. The topological polar surface area (TPSA) is 85.4 Å². The van der Waals surface area contributed by atoms with Crippen LogP contribution in [0.3, 0.4) is 0 Å². The van der Waals surface area contributed by atoms with Crippen LogP contribution >= 0.6 is 0 Å². The second kappa shape index (κ2) is 8.39. The summed E-state index contributed by atoms with van der Waals surface area (Å²) < 4.78 is 41.1. The van der Waals surface area contributed by atoms with E-state index in [4.69, 9.17) is 14.2 Å². The number of fused-ring (bicyclic) bond motifs is 1. The Balaban J connectivity index is 1.65. The highest BCUT2D eigenvalue weighted by molar-refractivity contribution is 7.91. The van der Waals surface area contributed by atoms with Gasteiger partial charge in [0, 0.05) is 24.3 Å². The second-order valence-corrected chi connectivity index (χ2v) is 9.92. The first kappa shape index (κ1) is 21.5.